The van der Waals surface area contributed by atoms with Crippen molar-refractivity contribution in [1.82, 2.24) is 10.2 Å². The lowest BCUT2D eigenvalue weighted by Gasteiger charge is -2.34. The van der Waals surface area contributed by atoms with Crippen molar-refractivity contribution in [3.8, 4) is 0 Å². The van der Waals surface area contributed by atoms with Gasteiger partial charge in [0.1, 0.15) is 11.3 Å². The van der Waals surface area contributed by atoms with Crippen LogP contribution in [0.4, 0.5) is 4.79 Å². The molecule has 0 aliphatic heterocycles. The van der Waals surface area contributed by atoms with Gasteiger partial charge < -0.3 is 19.7 Å². The van der Waals surface area contributed by atoms with Crippen LogP contribution in [0.3, 0.4) is 0 Å². The topological polar surface area (TPSA) is 65.7 Å². The van der Waals surface area contributed by atoms with Gasteiger partial charge in [-0.2, -0.15) is 0 Å². The quantitative estimate of drug-likeness (QED) is 0.902. The third kappa shape index (κ3) is 3.41. The third-order valence-electron chi connectivity index (χ3n) is 5.29. The van der Waals surface area contributed by atoms with Crippen LogP contribution in [-0.4, -0.2) is 35.7 Å². The summed E-state index contributed by atoms with van der Waals surface area (Å²) in [7, 11) is 1.85. The highest BCUT2D eigenvalue weighted by Gasteiger charge is 2.26. The molecule has 5 heteroatoms. The van der Waals surface area contributed by atoms with Crippen molar-refractivity contribution in [2.45, 2.75) is 45.2 Å². The zero-order chi connectivity index (χ0) is 17.1. The predicted molar refractivity (Wildman–Crippen MR) is 93.8 cm³/mol. The summed E-state index contributed by atoms with van der Waals surface area (Å²) < 4.78 is 5.84. The first-order chi connectivity index (χ1) is 11.6. The van der Waals surface area contributed by atoms with E-state index in [0.29, 0.717) is 12.5 Å². The predicted octanol–water partition coefficient (Wildman–Crippen LogP) is 3.43. The summed E-state index contributed by atoms with van der Waals surface area (Å²) >= 11 is 0. The van der Waals surface area contributed by atoms with Gasteiger partial charge in [0, 0.05) is 30.6 Å². The molecule has 1 saturated carbocycles. The molecule has 0 saturated heterocycles. The molecule has 1 fully saturated rings. The molecule has 2 amide bonds. The number of carbonyl (C=O) groups excluding carboxylic acids is 1. The molecule has 0 bridgehead atoms. The molecular weight excluding hydrogens is 304 g/mol. The van der Waals surface area contributed by atoms with E-state index < -0.39 is 0 Å². The maximum Gasteiger partial charge on any atom is 0.317 e. The molecule has 1 aromatic heterocycles. The Morgan fingerprint density at radius 2 is 2.00 bits per heavy atom. The zero-order valence-corrected chi connectivity index (χ0v) is 14.4. The molecule has 0 radical (unpaired) electrons. The summed E-state index contributed by atoms with van der Waals surface area (Å²) in [6.45, 7) is 2.68. The van der Waals surface area contributed by atoms with Crippen LogP contribution in [0.15, 0.2) is 28.7 Å². The standard InChI is InChI=1S/C19H26N2O3/c1-13-16-5-3-4-6-17(16)24-18(13)11-20-19(23)21(2)15-9-7-14(12-22)8-10-15/h3-6,14-15,22H,7-12H2,1-2H3,(H,20,23). The van der Waals surface area contributed by atoms with Crippen molar-refractivity contribution in [1.29, 1.82) is 0 Å². The zero-order valence-electron chi connectivity index (χ0n) is 14.4. The molecule has 0 atom stereocenters. The number of furan rings is 1. The minimum atomic E-state index is -0.0673. The van der Waals surface area contributed by atoms with Crippen molar-refractivity contribution in [3.63, 3.8) is 0 Å². The first kappa shape index (κ1) is 16.8. The van der Waals surface area contributed by atoms with Crippen LogP contribution in [0, 0.1) is 12.8 Å². The highest BCUT2D eigenvalue weighted by Crippen LogP contribution is 2.27. The number of urea groups is 1. The lowest BCUT2D eigenvalue weighted by molar-refractivity contribution is 0.133. The van der Waals surface area contributed by atoms with Crippen molar-refractivity contribution in [2.75, 3.05) is 13.7 Å². The fourth-order valence-electron chi connectivity index (χ4n) is 3.55. The Kier molecular flexibility index (Phi) is 5.09. The molecule has 1 aromatic carbocycles. The van der Waals surface area contributed by atoms with Gasteiger partial charge in [0.15, 0.2) is 0 Å². The number of amides is 2. The molecule has 5 nitrogen and oxygen atoms in total. The number of rotatable bonds is 4. The Bertz CT molecular complexity index is 702. The van der Waals surface area contributed by atoms with Crippen LogP contribution in [0.2, 0.25) is 0 Å². The Labute approximate surface area is 142 Å². The Hall–Kier alpha value is -2.01. The fourth-order valence-corrected chi connectivity index (χ4v) is 3.55. The number of nitrogens with one attached hydrogen (secondary N) is 1. The normalized spacial score (nSPS) is 21.0. The number of nitrogens with zero attached hydrogens (tertiary/aromatic N) is 1. The summed E-state index contributed by atoms with van der Waals surface area (Å²) in [5, 5.41) is 13.3. The van der Waals surface area contributed by atoms with E-state index >= 15 is 0 Å². The monoisotopic (exact) mass is 330 g/mol. The molecule has 1 aliphatic carbocycles. The molecule has 0 unspecified atom stereocenters. The number of aryl methyl sites for hydroxylation is 1. The first-order valence-electron chi connectivity index (χ1n) is 8.68. The van der Waals surface area contributed by atoms with Crippen molar-refractivity contribution in [2.24, 2.45) is 5.92 Å². The second kappa shape index (κ2) is 7.26. The molecular formula is C19H26N2O3. The molecule has 3 rings (SSSR count). The van der Waals surface area contributed by atoms with Crippen molar-refractivity contribution in [3.05, 3.63) is 35.6 Å². The number of hydrogen-bond acceptors (Lipinski definition) is 3. The molecule has 1 aliphatic rings. The summed E-state index contributed by atoms with van der Waals surface area (Å²) in [5.41, 5.74) is 1.94. The lowest BCUT2D eigenvalue weighted by atomic mass is 9.86. The van der Waals surface area contributed by atoms with Gasteiger partial charge in [0.05, 0.1) is 6.54 Å². The van der Waals surface area contributed by atoms with Crippen LogP contribution in [0.1, 0.15) is 37.0 Å². The van der Waals surface area contributed by atoms with E-state index in [1.165, 1.54) is 0 Å². The second-order valence-electron chi connectivity index (χ2n) is 6.77. The van der Waals surface area contributed by atoms with Gasteiger partial charge in [-0.15, -0.1) is 0 Å². The van der Waals surface area contributed by atoms with Gasteiger partial charge in [-0.05, 0) is 44.6 Å². The van der Waals surface area contributed by atoms with E-state index in [-0.39, 0.29) is 18.7 Å². The second-order valence-corrected chi connectivity index (χ2v) is 6.77. The first-order valence-corrected chi connectivity index (χ1v) is 8.68. The molecule has 24 heavy (non-hydrogen) atoms. The number of carbonyl (C=O) groups is 1. The van der Waals surface area contributed by atoms with Gasteiger partial charge in [-0.1, -0.05) is 18.2 Å². The average Bonchev–Trinajstić information content (AvgIpc) is 2.95. The number of benzene rings is 1. The minimum absolute atomic E-state index is 0.0673. The number of hydrogen-bond donors (Lipinski definition) is 2. The van der Waals surface area contributed by atoms with Gasteiger partial charge in [0.25, 0.3) is 0 Å². The van der Waals surface area contributed by atoms with Gasteiger partial charge in [0.2, 0.25) is 0 Å². The Morgan fingerprint density at radius 1 is 1.29 bits per heavy atom. The number of fused-ring (bicyclic) bond motifs is 1. The fraction of sp³-hybridized carbons (Fsp3) is 0.526. The van der Waals surface area contributed by atoms with Crippen molar-refractivity contribution < 1.29 is 14.3 Å². The van der Waals surface area contributed by atoms with Crippen LogP contribution >= 0.6 is 0 Å². The van der Waals surface area contributed by atoms with E-state index in [1.807, 2.05) is 38.2 Å². The van der Waals surface area contributed by atoms with Crippen LogP contribution < -0.4 is 5.32 Å². The van der Waals surface area contributed by atoms with E-state index in [4.69, 9.17) is 4.42 Å². The number of aliphatic hydroxyl groups excluding tert-OH is 1. The van der Waals surface area contributed by atoms with Crippen molar-refractivity contribution >= 4 is 17.0 Å². The smallest absolute Gasteiger partial charge is 0.317 e. The van der Waals surface area contributed by atoms with Crippen LogP contribution in [-0.2, 0) is 6.54 Å². The lowest BCUT2D eigenvalue weighted by Crippen LogP contribution is -2.45. The molecule has 2 aromatic rings. The Balaban J connectivity index is 1.57. The van der Waals surface area contributed by atoms with E-state index in [0.717, 1.165) is 48.0 Å². The summed E-state index contributed by atoms with van der Waals surface area (Å²) in [4.78, 5) is 14.2. The minimum Gasteiger partial charge on any atom is -0.459 e. The van der Waals surface area contributed by atoms with E-state index in [1.54, 1.807) is 4.90 Å². The summed E-state index contributed by atoms with van der Waals surface area (Å²) in [5.74, 6) is 1.21. The molecule has 0 spiro atoms. The Morgan fingerprint density at radius 3 is 2.67 bits per heavy atom. The highest BCUT2D eigenvalue weighted by molar-refractivity contribution is 5.82. The summed E-state index contributed by atoms with van der Waals surface area (Å²) in [6.07, 6.45) is 3.89. The molecule has 130 valence electrons. The third-order valence-corrected chi connectivity index (χ3v) is 5.29. The van der Waals surface area contributed by atoms with Crippen LogP contribution in [0.5, 0.6) is 0 Å². The van der Waals surface area contributed by atoms with E-state index in [2.05, 4.69) is 5.32 Å². The highest BCUT2D eigenvalue weighted by atomic mass is 16.3. The number of aliphatic hydroxyl groups is 1. The van der Waals surface area contributed by atoms with Gasteiger partial charge in [-0.3, -0.25) is 0 Å². The molecule has 2 N–H and O–H groups in total. The average molecular weight is 330 g/mol. The van der Waals surface area contributed by atoms with E-state index in [9.17, 15) is 9.90 Å². The van der Waals surface area contributed by atoms with Crippen LogP contribution in [0.25, 0.3) is 11.0 Å². The molecule has 1 heterocycles. The van der Waals surface area contributed by atoms with Gasteiger partial charge in [-0.25, -0.2) is 4.79 Å². The number of para-hydroxylation sites is 1. The largest absolute Gasteiger partial charge is 0.459 e. The SMILES string of the molecule is Cc1c(CNC(=O)N(C)C2CCC(CO)CC2)oc2ccccc12. The van der Waals surface area contributed by atoms with Gasteiger partial charge >= 0.3 is 6.03 Å². The summed E-state index contributed by atoms with van der Waals surface area (Å²) in [6, 6.07) is 8.10. The maximum absolute atomic E-state index is 12.4. The maximum atomic E-state index is 12.4.